The van der Waals surface area contributed by atoms with Crippen LogP contribution in [0.3, 0.4) is 0 Å². The third-order valence-corrected chi connectivity index (χ3v) is 7.45. The molecule has 1 N–H and O–H groups in total. The van der Waals surface area contributed by atoms with Gasteiger partial charge in [-0.3, -0.25) is 4.98 Å². The number of benzene rings is 2. The molecular formula is C27H26BrN5S. The van der Waals surface area contributed by atoms with Crippen LogP contribution in [0.25, 0.3) is 5.69 Å². The van der Waals surface area contributed by atoms with Crippen LogP contribution in [0.1, 0.15) is 29.0 Å². The molecule has 7 heteroatoms. The molecule has 0 amide bonds. The first kappa shape index (κ1) is 22.6. The Balaban J connectivity index is 1.64. The first-order valence-corrected chi connectivity index (χ1v) is 12.4. The Hall–Kier alpha value is -3.16. The van der Waals surface area contributed by atoms with Gasteiger partial charge in [0, 0.05) is 53.7 Å². The molecule has 0 spiro atoms. The molecule has 1 saturated heterocycles. The van der Waals surface area contributed by atoms with E-state index in [9.17, 15) is 0 Å². The van der Waals surface area contributed by atoms with E-state index in [0.29, 0.717) is 5.11 Å². The largest absolute Gasteiger partial charge is 0.378 e. The fourth-order valence-corrected chi connectivity index (χ4v) is 5.09. The van der Waals surface area contributed by atoms with Gasteiger partial charge >= 0.3 is 0 Å². The Labute approximate surface area is 214 Å². The Morgan fingerprint density at radius 3 is 2.41 bits per heavy atom. The SMILES string of the molecule is Cc1cc(N2C(=S)N[C@H](c3ccccn3)[C@@H]2c2cccn2-c2ccc(N(C)C)cc2)ccc1Br. The van der Waals surface area contributed by atoms with Gasteiger partial charge in [-0.2, -0.15) is 0 Å². The molecule has 1 aliphatic rings. The van der Waals surface area contributed by atoms with Crippen molar-refractivity contribution in [3.05, 3.63) is 107 Å². The molecule has 4 aromatic rings. The van der Waals surface area contributed by atoms with Crippen LogP contribution in [0.15, 0.2) is 89.7 Å². The minimum absolute atomic E-state index is 0.0773. The Morgan fingerprint density at radius 1 is 0.971 bits per heavy atom. The topological polar surface area (TPSA) is 36.3 Å². The van der Waals surface area contributed by atoms with Gasteiger partial charge in [0.05, 0.1) is 11.7 Å². The summed E-state index contributed by atoms with van der Waals surface area (Å²) in [6.45, 7) is 2.10. The van der Waals surface area contributed by atoms with Crippen LogP contribution in [-0.2, 0) is 0 Å². The van der Waals surface area contributed by atoms with Gasteiger partial charge in [-0.15, -0.1) is 0 Å². The number of hydrogen-bond donors (Lipinski definition) is 1. The zero-order chi connectivity index (χ0) is 23.8. The van der Waals surface area contributed by atoms with Gasteiger partial charge in [0.2, 0.25) is 0 Å². The number of nitrogens with zero attached hydrogens (tertiary/aromatic N) is 4. The fraction of sp³-hybridized carbons (Fsp3) is 0.185. The molecule has 0 unspecified atom stereocenters. The number of aryl methyl sites for hydroxylation is 1. The molecule has 2 atom stereocenters. The van der Waals surface area contributed by atoms with Gasteiger partial charge in [0.15, 0.2) is 5.11 Å². The van der Waals surface area contributed by atoms with Crippen molar-refractivity contribution >= 4 is 44.6 Å². The number of aromatic nitrogens is 2. The minimum atomic E-state index is -0.0904. The van der Waals surface area contributed by atoms with Crippen molar-refractivity contribution in [2.24, 2.45) is 0 Å². The van der Waals surface area contributed by atoms with Crippen LogP contribution in [-0.4, -0.2) is 28.8 Å². The summed E-state index contributed by atoms with van der Waals surface area (Å²) < 4.78 is 3.32. The minimum Gasteiger partial charge on any atom is -0.378 e. The molecule has 2 aromatic heterocycles. The number of anilines is 2. The third kappa shape index (κ3) is 4.10. The number of hydrogen-bond acceptors (Lipinski definition) is 3. The van der Waals surface area contributed by atoms with E-state index in [1.807, 2.05) is 18.3 Å². The van der Waals surface area contributed by atoms with Crippen LogP contribution < -0.4 is 15.1 Å². The van der Waals surface area contributed by atoms with Crippen molar-refractivity contribution in [3.8, 4) is 5.69 Å². The first-order valence-electron chi connectivity index (χ1n) is 11.2. The van der Waals surface area contributed by atoms with Crippen molar-refractivity contribution < 1.29 is 0 Å². The highest BCUT2D eigenvalue weighted by Gasteiger charge is 2.42. The summed E-state index contributed by atoms with van der Waals surface area (Å²) >= 11 is 9.52. The van der Waals surface area contributed by atoms with Gasteiger partial charge in [0.25, 0.3) is 0 Å². The zero-order valence-electron chi connectivity index (χ0n) is 19.3. The van der Waals surface area contributed by atoms with Crippen LogP contribution in [0.5, 0.6) is 0 Å². The van der Waals surface area contributed by atoms with Crippen LogP contribution >= 0.6 is 28.1 Å². The van der Waals surface area contributed by atoms with Crippen molar-refractivity contribution in [2.75, 3.05) is 23.9 Å². The predicted octanol–water partition coefficient (Wildman–Crippen LogP) is 6.19. The second-order valence-electron chi connectivity index (χ2n) is 8.64. The smallest absolute Gasteiger partial charge is 0.174 e. The molecule has 172 valence electrons. The summed E-state index contributed by atoms with van der Waals surface area (Å²) in [5, 5.41) is 4.25. The summed E-state index contributed by atoms with van der Waals surface area (Å²) in [5.41, 5.74) is 6.59. The molecule has 34 heavy (non-hydrogen) atoms. The van der Waals surface area contributed by atoms with E-state index in [0.717, 1.165) is 32.8 Å². The molecule has 0 bridgehead atoms. The maximum absolute atomic E-state index is 5.89. The normalized spacial score (nSPS) is 17.6. The van der Waals surface area contributed by atoms with Crippen LogP contribution in [0.2, 0.25) is 0 Å². The van der Waals surface area contributed by atoms with E-state index >= 15 is 0 Å². The van der Waals surface area contributed by atoms with Gasteiger partial charge in [-0.1, -0.05) is 22.0 Å². The summed E-state index contributed by atoms with van der Waals surface area (Å²) in [7, 11) is 4.10. The van der Waals surface area contributed by atoms with E-state index in [1.165, 1.54) is 5.69 Å². The number of nitrogens with one attached hydrogen (secondary N) is 1. The number of halogens is 1. The molecular weight excluding hydrogens is 506 g/mol. The van der Waals surface area contributed by atoms with E-state index < -0.39 is 0 Å². The van der Waals surface area contributed by atoms with Crippen molar-refractivity contribution in [2.45, 2.75) is 19.0 Å². The number of thiocarbonyl (C=S) groups is 1. The summed E-state index contributed by atoms with van der Waals surface area (Å²) in [6.07, 6.45) is 3.95. The van der Waals surface area contributed by atoms with E-state index in [4.69, 9.17) is 12.2 Å². The standard InChI is InChI=1S/C27H26BrN5S/c1-18-17-21(13-14-22(18)28)33-26(25(30-27(33)34)23-7-4-5-15-29-23)24-8-6-16-32(24)20-11-9-19(10-12-20)31(2)3/h4-17,25-26H,1-3H3,(H,30,34)/t25-,26+/m1/s1. The van der Waals surface area contributed by atoms with Crippen LogP contribution in [0.4, 0.5) is 11.4 Å². The number of rotatable bonds is 5. The van der Waals surface area contributed by atoms with Crippen molar-refractivity contribution in [1.29, 1.82) is 0 Å². The van der Waals surface area contributed by atoms with Gasteiger partial charge in [-0.05, 0) is 91.4 Å². The molecule has 2 aromatic carbocycles. The maximum atomic E-state index is 5.89. The highest BCUT2D eigenvalue weighted by Crippen LogP contribution is 2.42. The molecule has 1 aliphatic heterocycles. The summed E-state index contributed by atoms with van der Waals surface area (Å²) in [5.74, 6) is 0. The molecule has 0 saturated carbocycles. The van der Waals surface area contributed by atoms with Crippen LogP contribution in [0, 0.1) is 6.92 Å². The maximum Gasteiger partial charge on any atom is 0.174 e. The Morgan fingerprint density at radius 2 is 1.74 bits per heavy atom. The van der Waals surface area contributed by atoms with Gasteiger partial charge in [0.1, 0.15) is 6.04 Å². The third-order valence-electron chi connectivity index (χ3n) is 6.25. The summed E-state index contributed by atoms with van der Waals surface area (Å²) in [4.78, 5) is 9.00. The molecule has 5 nitrogen and oxygen atoms in total. The molecule has 5 rings (SSSR count). The average Bonchev–Trinajstić information content (AvgIpc) is 3.46. The van der Waals surface area contributed by atoms with E-state index in [2.05, 4.69) is 128 Å². The lowest BCUT2D eigenvalue weighted by Gasteiger charge is -2.29. The molecule has 0 radical (unpaired) electrons. The second-order valence-corrected chi connectivity index (χ2v) is 9.89. The van der Waals surface area contributed by atoms with Crippen molar-refractivity contribution in [1.82, 2.24) is 14.9 Å². The first-order chi connectivity index (χ1) is 16.4. The summed E-state index contributed by atoms with van der Waals surface area (Å²) in [6, 6.07) is 25.1. The second kappa shape index (κ2) is 9.24. The number of pyridine rings is 1. The fourth-order valence-electron chi connectivity index (χ4n) is 4.49. The average molecular weight is 533 g/mol. The lowest BCUT2D eigenvalue weighted by atomic mass is 10.0. The highest BCUT2D eigenvalue weighted by atomic mass is 79.9. The van der Waals surface area contributed by atoms with E-state index in [-0.39, 0.29) is 12.1 Å². The lowest BCUT2D eigenvalue weighted by Crippen LogP contribution is -2.30. The van der Waals surface area contributed by atoms with Crippen molar-refractivity contribution in [3.63, 3.8) is 0 Å². The quantitative estimate of drug-likeness (QED) is 0.311. The molecule has 0 aliphatic carbocycles. The lowest BCUT2D eigenvalue weighted by molar-refractivity contribution is 0.549. The molecule has 3 heterocycles. The monoisotopic (exact) mass is 531 g/mol. The Bertz CT molecular complexity index is 1320. The zero-order valence-corrected chi connectivity index (χ0v) is 21.7. The van der Waals surface area contributed by atoms with Gasteiger partial charge in [-0.25, -0.2) is 0 Å². The Kier molecular flexibility index (Phi) is 6.15. The predicted molar refractivity (Wildman–Crippen MR) is 147 cm³/mol. The van der Waals surface area contributed by atoms with Gasteiger partial charge < -0.3 is 19.7 Å². The highest BCUT2D eigenvalue weighted by molar-refractivity contribution is 9.10. The van der Waals surface area contributed by atoms with E-state index in [1.54, 1.807) is 0 Å². The molecule has 1 fully saturated rings.